The number of pyridine rings is 2. The predicted molar refractivity (Wildman–Crippen MR) is 106 cm³/mol. The maximum Gasteiger partial charge on any atom is 0.169 e. The van der Waals surface area contributed by atoms with Crippen LogP contribution < -0.4 is 5.32 Å². The van der Waals surface area contributed by atoms with Crippen LogP contribution in [-0.4, -0.2) is 20.2 Å². The minimum atomic E-state index is -0.536. The van der Waals surface area contributed by atoms with Gasteiger partial charge < -0.3 is 15.5 Å². The molecular weight excluding hydrogens is 362 g/mol. The summed E-state index contributed by atoms with van der Waals surface area (Å²) in [5.41, 5.74) is 1.83. The van der Waals surface area contributed by atoms with E-state index in [2.05, 4.69) is 15.3 Å². The molecule has 6 heteroatoms. The Labute approximate surface area is 160 Å². The van der Waals surface area contributed by atoms with Crippen molar-refractivity contribution in [3.8, 4) is 11.5 Å². The van der Waals surface area contributed by atoms with E-state index in [1.54, 1.807) is 30.6 Å². The van der Waals surface area contributed by atoms with Crippen LogP contribution in [0, 0.1) is 0 Å². The van der Waals surface area contributed by atoms with E-state index in [0.29, 0.717) is 21.9 Å². The smallest absolute Gasteiger partial charge is 0.169 e. The van der Waals surface area contributed by atoms with Gasteiger partial charge in [0, 0.05) is 28.4 Å². The van der Waals surface area contributed by atoms with Gasteiger partial charge in [-0.15, -0.1) is 0 Å². The number of rotatable bonds is 4. The zero-order chi connectivity index (χ0) is 18.8. The number of hydrogen-bond acceptors (Lipinski definition) is 5. The van der Waals surface area contributed by atoms with Crippen molar-refractivity contribution in [1.29, 1.82) is 0 Å². The number of aromatic nitrogens is 2. The Morgan fingerprint density at radius 2 is 1.59 bits per heavy atom. The van der Waals surface area contributed by atoms with Crippen molar-refractivity contribution >= 4 is 28.3 Å². The Balaban J connectivity index is 1.89. The van der Waals surface area contributed by atoms with Crippen LogP contribution in [0.25, 0.3) is 10.9 Å². The number of halogens is 1. The zero-order valence-electron chi connectivity index (χ0n) is 14.2. The third-order valence-electron chi connectivity index (χ3n) is 4.37. The number of phenols is 1. The second kappa shape index (κ2) is 7.13. The maximum absolute atomic E-state index is 10.9. The lowest BCUT2D eigenvalue weighted by Gasteiger charge is -2.23. The normalized spacial score (nSPS) is 12.0. The molecule has 0 spiro atoms. The van der Waals surface area contributed by atoms with Crippen LogP contribution in [0.2, 0.25) is 5.02 Å². The standard InChI is InChI=1S/C21H16ClN3O2/c22-16-7-2-1-6-14(16)19(25-21-17(26)8-4-12-24-21)15-10-9-13-5-3-11-23-18(13)20(15)27/h1-12,19,26-27H,(H,24,25)/t19-/m0/s1. The van der Waals surface area contributed by atoms with E-state index in [9.17, 15) is 10.2 Å². The maximum atomic E-state index is 10.9. The van der Waals surface area contributed by atoms with Crippen LogP contribution in [0.3, 0.4) is 0 Å². The highest BCUT2D eigenvalue weighted by Crippen LogP contribution is 2.39. The molecule has 0 amide bonds. The van der Waals surface area contributed by atoms with E-state index in [-0.39, 0.29) is 11.5 Å². The fraction of sp³-hybridized carbons (Fsp3) is 0.0476. The first-order chi connectivity index (χ1) is 13.1. The molecule has 0 fully saturated rings. The van der Waals surface area contributed by atoms with Gasteiger partial charge in [0.05, 0.1) is 6.04 Å². The lowest BCUT2D eigenvalue weighted by Crippen LogP contribution is -2.14. The molecule has 0 bridgehead atoms. The predicted octanol–water partition coefficient (Wildman–Crippen LogP) is 4.90. The number of aromatic hydroxyl groups is 2. The lowest BCUT2D eigenvalue weighted by atomic mass is 9.96. The van der Waals surface area contributed by atoms with Crippen LogP contribution in [0.15, 0.2) is 73.1 Å². The molecule has 4 rings (SSSR count). The van der Waals surface area contributed by atoms with Crippen LogP contribution in [0.4, 0.5) is 5.82 Å². The number of phenolic OH excluding ortho intramolecular Hbond substituents is 1. The van der Waals surface area contributed by atoms with Crippen LogP contribution in [0.5, 0.6) is 11.5 Å². The molecule has 0 unspecified atom stereocenters. The van der Waals surface area contributed by atoms with E-state index in [1.807, 2.05) is 42.5 Å². The second-order valence-corrected chi connectivity index (χ2v) is 6.46. The Bertz CT molecular complexity index is 1120. The number of benzene rings is 2. The SMILES string of the molecule is Oc1cccnc1N[C@@H](c1ccccc1Cl)c1ccc2cccnc2c1O. The first-order valence-corrected chi connectivity index (χ1v) is 8.74. The highest BCUT2D eigenvalue weighted by Gasteiger charge is 2.23. The molecule has 27 heavy (non-hydrogen) atoms. The van der Waals surface area contributed by atoms with Gasteiger partial charge in [0.1, 0.15) is 11.3 Å². The van der Waals surface area contributed by atoms with Crippen molar-refractivity contribution in [2.45, 2.75) is 6.04 Å². The summed E-state index contributed by atoms with van der Waals surface area (Å²) in [4.78, 5) is 8.48. The van der Waals surface area contributed by atoms with Crippen LogP contribution >= 0.6 is 11.6 Å². The van der Waals surface area contributed by atoms with E-state index in [0.717, 1.165) is 10.9 Å². The molecule has 0 saturated heterocycles. The minimum Gasteiger partial charge on any atom is -0.505 e. The molecule has 0 radical (unpaired) electrons. The summed E-state index contributed by atoms with van der Waals surface area (Å²) in [5, 5.41) is 25.6. The lowest BCUT2D eigenvalue weighted by molar-refractivity contribution is 0.468. The highest BCUT2D eigenvalue weighted by atomic mass is 35.5. The summed E-state index contributed by atoms with van der Waals surface area (Å²) in [5.74, 6) is 0.358. The average Bonchev–Trinajstić information content (AvgIpc) is 2.69. The van der Waals surface area contributed by atoms with Gasteiger partial charge >= 0.3 is 0 Å². The molecule has 1 atom stereocenters. The van der Waals surface area contributed by atoms with E-state index in [1.165, 1.54) is 0 Å². The van der Waals surface area contributed by atoms with Crippen LogP contribution in [0.1, 0.15) is 17.2 Å². The average molecular weight is 378 g/mol. The molecular formula is C21H16ClN3O2. The van der Waals surface area contributed by atoms with Crippen LogP contribution in [-0.2, 0) is 0 Å². The van der Waals surface area contributed by atoms with E-state index >= 15 is 0 Å². The minimum absolute atomic E-state index is 0.00737. The molecule has 0 aliphatic rings. The highest BCUT2D eigenvalue weighted by molar-refractivity contribution is 6.31. The van der Waals surface area contributed by atoms with Crippen molar-refractivity contribution in [2.24, 2.45) is 0 Å². The molecule has 0 aliphatic carbocycles. The fourth-order valence-corrected chi connectivity index (χ4v) is 3.30. The van der Waals surface area contributed by atoms with Gasteiger partial charge in [-0.3, -0.25) is 4.98 Å². The molecule has 5 nitrogen and oxygen atoms in total. The van der Waals surface area contributed by atoms with Gasteiger partial charge in [-0.25, -0.2) is 4.98 Å². The Hall–Kier alpha value is -3.31. The fourth-order valence-electron chi connectivity index (χ4n) is 3.06. The summed E-state index contributed by atoms with van der Waals surface area (Å²) >= 11 is 6.43. The van der Waals surface area contributed by atoms with Gasteiger partial charge in [0.15, 0.2) is 11.6 Å². The monoisotopic (exact) mass is 377 g/mol. The van der Waals surface area contributed by atoms with E-state index in [4.69, 9.17) is 11.6 Å². The third kappa shape index (κ3) is 3.25. The Morgan fingerprint density at radius 1 is 0.815 bits per heavy atom. The molecule has 134 valence electrons. The molecule has 3 N–H and O–H groups in total. The third-order valence-corrected chi connectivity index (χ3v) is 4.72. The first-order valence-electron chi connectivity index (χ1n) is 8.36. The van der Waals surface area contributed by atoms with Crippen molar-refractivity contribution in [3.05, 3.63) is 89.2 Å². The van der Waals surface area contributed by atoms with Gasteiger partial charge in [0.2, 0.25) is 0 Å². The van der Waals surface area contributed by atoms with Gasteiger partial charge in [-0.05, 0) is 29.8 Å². The molecule has 0 aliphatic heterocycles. The Morgan fingerprint density at radius 3 is 2.41 bits per heavy atom. The number of fused-ring (bicyclic) bond motifs is 1. The number of nitrogens with zero attached hydrogens (tertiary/aromatic N) is 2. The molecule has 4 aromatic rings. The molecule has 2 aromatic heterocycles. The summed E-state index contributed by atoms with van der Waals surface area (Å²) in [6.45, 7) is 0. The number of hydrogen-bond donors (Lipinski definition) is 3. The molecule has 2 heterocycles. The molecule has 2 aromatic carbocycles. The van der Waals surface area contributed by atoms with Gasteiger partial charge in [-0.1, -0.05) is 48.0 Å². The van der Waals surface area contributed by atoms with Crippen molar-refractivity contribution < 1.29 is 10.2 Å². The number of nitrogens with one attached hydrogen (secondary N) is 1. The summed E-state index contributed by atoms with van der Waals surface area (Å²) in [6.07, 6.45) is 3.21. The van der Waals surface area contributed by atoms with Gasteiger partial charge in [0.25, 0.3) is 0 Å². The molecule has 0 saturated carbocycles. The van der Waals surface area contributed by atoms with E-state index < -0.39 is 6.04 Å². The summed E-state index contributed by atoms with van der Waals surface area (Å²) in [7, 11) is 0. The first kappa shape index (κ1) is 17.1. The summed E-state index contributed by atoms with van der Waals surface area (Å²) in [6, 6.07) is 17.4. The topological polar surface area (TPSA) is 78.3 Å². The number of anilines is 1. The van der Waals surface area contributed by atoms with Crippen molar-refractivity contribution in [2.75, 3.05) is 5.32 Å². The van der Waals surface area contributed by atoms with Gasteiger partial charge in [-0.2, -0.15) is 0 Å². The quantitative estimate of drug-likeness (QED) is 0.471. The second-order valence-electron chi connectivity index (χ2n) is 6.05. The van der Waals surface area contributed by atoms with Crippen molar-refractivity contribution in [3.63, 3.8) is 0 Å². The van der Waals surface area contributed by atoms with Crippen molar-refractivity contribution in [1.82, 2.24) is 9.97 Å². The Kier molecular flexibility index (Phi) is 4.52. The zero-order valence-corrected chi connectivity index (χ0v) is 14.9. The largest absolute Gasteiger partial charge is 0.505 e. The summed E-state index contributed by atoms with van der Waals surface area (Å²) < 4.78 is 0.